The Morgan fingerprint density at radius 1 is 1.40 bits per heavy atom. The maximum atomic E-state index is 11.3. The van der Waals surface area contributed by atoms with Crippen LogP contribution in [-0.4, -0.2) is 13.0 Å². The summed E-state index contributed by atoms with van der Waals surface area (Å²) >= 11 is 0. The standard InChI is InChI=1S/C13H19NO/c1-9-5-6-10(2)12(7-9)11(3)8-13(15)14-4/h5-7,11H,8H2,1-4H3,(H,14,15). The second-order valence-electron chi connectivity index (χ2n) is 4.14. The molecule has 0 heterocycles. The second kappa shape index (κ2) is 4.96. The minimum absolute atomic E-state index is 0.100. The van der Waals surface area contributed by atoms with Crippen molar-refractivity contribution in [2.24, 2.45) is 0 Å². The number of hydrogen-bond donors (Lipinski definition) is 1. The molecule has 1 N–H and O–H groups in total. The second-order valence-corrected chi connectivity index (χ2v) is 4.14. The summed E-state index contributed by atoms with van der Waals surface area (Å²) in [6, 6.07) is 6.39. The van der Waals surface area contributed by atoms with Crippen molar-refractivity contribution in [1.82, 2.24) is 5.32 Å². The topological polar surface area (TPSA) is 29.1 Å². The van der Waals surface area contributed by atoms with E-state index in [1.54, 1.807) is 7.05 Å². The molecule has 1 aromatic rings. The summed E-state index contributed by atoms with van der Waals surface area (Å²) in [6.07, 6.45) is 0.556. The summed E-state index contributed by atoms with van der Waals surface area (Å²) < 4.78 is 0. The van der Waals surface area contributed by atoms with Gasteiger partial charge in [0, 0.05) is 13.5 Å². The molecule has 1 rings (SSSR count). The summed E-state index contributed by atoms with van der Waals surface area (Å²) in [4.78, 5) is 11.3. The van der Waals surface area contributed by atoms with E-state index in [4.69, 9.17) is 0 Å². The molecule has 0 aliphatic heterocycles. The number of carbonyl (C=O) groups excluding carboxylic acids is 1. The van der Waals surface area contributed by atoms with Crippen LogP contribution in [0.3, 0.4) is 0 Å². The lowest BCUT2D eigenvalue weighted by molar-refractivity contribution is -0.120. The van der Waals surface area contributed by atoms with Gasteiger partial charge in [0.15, 0.2) is 0 Å². The Balaban J connectivity index is 2.85. The van der Waals surface area contributed by atoms with Gasteiger partial charge in [-0.15, -0.1) is 0 Å². The molecule has 82 valence electrons. The van der Waals surface area contributed by atoms with Crippen LogP contribution >= 0.6 is 0 Å². The average Bonchev–Trinajstić information content (AvgIpc) is 2.21. The van der Waals surface area contributed by atoms with Gasteiger partial charge in [-0.3, -0.25) is 4.79 Å². The molecular formula is C13H19NO. The fourth-order valence-electron chi connectivity index (χ4n) is 1.78. The molecular weight excluding hydrogens is 186 g/mol. The van der Waals surface area contributed by atoms with Crippen molar-refractivity contribution in [3.63, 3.8) is 0 Å². The molecule has 0 bridgehead atoms. The number of aryl methyl sites for hydroxylation is 2. The molecule has 1 atom stereocenters. The zero-order valence-corrected chi connectivity index (χ0v) is 9.92. The minimum atomic E-state index is 0.100. The van der Waals surface area contributed by atoms with Crippen molar-refractivity contribution in [1.29, 1.82) is 0 Å². The van der Waals surface area contributed by atoms with E-state index in [0.717, 1.165) is 0 Å². The number of hydrogen-bond acceptors (Lipinski definition) is 1. The van der Waals surface area contributed by atoms with Gasteiger partial charge in [-0.1, -0.05) is 30.7 Å². The summed E-state index contributed by atoms with van der Waals surface area (Å²) in [7, 11) is 1.68. The monoisotopic (exact) mass is 205 g/mol. The average molecular weight is 205 g/mol. The molecule has 0 aromatic heterocycles. The molecule has 15 heavy (non-hydrogen) atoms. The van der Waals surface area contributed by atoms with Crippen molar-refractivity contribution in [2.75, 3.05) is 7.05 Å². The SMILES string of the molecule is CNC(=O)CC(C)c1cc(C)ccc1C. The van der Waals surface area contributed by atoms with Gasteiger partial charge < -0.3 is 5.32 Å². The number of amides is 1. The first kappa shape index (κ1) is 11.8. The highest BCUT2D eigenvalue weighted by Crippen LogP contribution is 2.23. The van der Waals surface area contributed by atoms with E-state index < -0.39 is 0 Å². The molecule has 2 nitrogen and oxygen atoms in total. The third-order valence-electron chi connectivity index (χ3n) is 2.74. The van der Waals surface area contributed by atoms with Crippen molar-refractivity contribution in [3.05, 3.63) is 34.9 Å². The van der Waals surface area contributed by atoms with E-state index in [0.29, 0.717) is 6.42 Å². The third-order valence-corrected chi connectivity index (χ3v) is 2.74. The van der Waals surface area contributed by atoms with Gasteiger partial charge >= 0.3 is 0 Å². The van der Waals surface area contributed by atoms with Gasteiger partial charge in [0.05, 0.1) is 0 Å². The zero-order valence-electron chi connectivity index (χ0n) is 9.92. The van der Waals surface area contributed by atoms with Crippen molar-refractivity contribution in [2.45, 2.75) is 33.1 Å². The third kappa shape index (κ3) is 3.08. The van der Waals surface area contributed by atoms with E-state index in [2.05, 4.69) is 44.3 Å². The Labute approximate surface area is 91.7 Å². The van der Waals surface area contributed by atoms with Crippen molar-refractivity contribution < 1.29 is 4.79 Å². The number of carbonyl (C=O) groups is 1. The zero-order chi connectivity index (χ0) is 11.4. The highest BCUT2D eigenvalue weighted by Gasteiger charge is 2.12. The van der Waals surface area contributed by atoms with Crippen LogP contribution in [-0.2, 0) is 4.79 Å². The Bertz CT molecular complexity index is 358. The lowest BCUT2D eigenvalue weighted by Gasteiger charge is -2.14. The summed E-state index contributed by atoms with van der Waals surface area (Å²) in [5.41, 5.74) is 3.79. The molecule has 2 heteroatoms. The molecule has 0 saturated heterocycles. The van der Waals surface area contributed by atoms with Crippen LogP contribution in [0.1, 0.15) is 36.0 Å². The van der Waals surface area contributed by atoms with Crippen LogP contribution in [0.15, 0.2) is 18.2 Å². The summed E-state index contributed by atoms with van der Waals surface area (Å²) in [5.74, 6) is 0.383. The quantitative estimate of drug-likeness (QED) is 0.807. The van der Waals surface area contributed by atoms with Gasteiger partial charge in [0.2, 0.25) is 5.91 Å². The van der Waals surface area contributed by atoms with Crippen LogP contribution in [0.25, 0.3) is 0 Å². The van der Waals surface area contributed by atoms with E-state index in [-0.39, 0.29) is 11.8 Å². The van der Waals surface area contributed by atoms with Crippen LogP contribution in [0.2, 0.25) is 0 Å². The first-order valence-electron chi connectivity index (χ1n) is 5.32. The van der Waals surface area contributed by atoms with Gasteiger partial charge in [0.25, 0.3) is 0 Å². The maximum Gasteiger partial charge on any atom is 0.220 e. The van der Waals surface area contributed by atoms with Crippen molar-refractivity contribution >= 4 is 5.91 Å². The van der Waals surface area contributed by atoms with Crippen molar-refractivity contribution in [3.8, 4) is 0 Å². The lowest BCUT2D eigenvalue weighted by atomic mass is 9.92. The predicted molar refractivity (Wildman–Crippen MR) is 63.0 cm³/mol. The normalized spacial score (nSPS) is 12.3. The van der Waals surface area contributed by atoms with E-state index >= 15 is 0 Å². The number of nitrogens with one attached hydrogen (secondary N) is 1. The van der Waals surface area contributed by atoms with Crippen LogP contribution < -0.4 is 5.32 Å². The maximum absolute atomic E-state index is 11.3. The Morgan fingerprint density at radius 3 is 2.67 bits per heavy atom. The largest absolute Gasteiger partial charge is 0.359 e. The molecule has 0 spiro atoms. The molecule has 1 unspecified atom stereocenters. The fourth-order valence-corrected chi connectivity index (χ4v) is 1.78. The molecule has 1 amide bonds. The molecule has 0 saturated carbocycles. The van der Waals surface area contributed by atoms with E-state index in [9.17, 15) is 4.79 Å². The van der Waals surface area contributed by atoms with Crippen LogP contribution in [0.5, 0.6) is 0 Å². The summed E-state index contributed by atoms with van der Waals surface area (Å²) in [5, 5.41) is 2.66. The first-order chi connectivity index (χ1) is 7.04. The Kier molecular flexibility index (Phi) is 3.89. The lowest BCUT2D eigenvalue weighted by Crippen LogP contribution is -2.19. The van der Waals surface area contributed by atoms with Crippen LogP contribution in [0, 0.1) is 13.8 Å². The molecule has 0 fully saturated rings. The smallest absolute Gasteiger partial charge is 0.220 e. The van der Waals surface area contributed by atoms with Gasteiger partial charge in [0.1, 0.15) is 0 Å². The molecule has 0 radical (unpaired) electrons. The van der Waals surface area contributed by atoms with E-state index in [1.165, 1.54) is 16.7 Å². The Morgan fingerprint density at radius 2 is 2.07 bits per heavy atom. The number of rotatable bonds is 3. The fraction of sp³-hybridized carbons (Fsp3) is 0.462. The molecule has 1 aromatic carbocycles. The highest BCUT2D eigenvalue weighted by atomic mass is 16.1. The predicted octanol–water partition coefficient (Wildman–Crippen LogP) is 2.54. The molecule has 0 aliphatic rings. The molecule has 0 aliphatic carbocycles. The highest BCUT2D eigenvalue weighted by molar-refractivity contribution is 5.76. The van der Waals surface area contributed by atoms with Crippen LogP contribution in [0.4, 0.5) is 0 Å². The van der Waals surface area contributed by atoms with E-state index in [1.807, 2.05) is 0 Å². The van der Waals surface area contributed by atoms with Gasteiger partial charge in [-0.2, -0.15) is 0 Å². The van der Waals surface area contributed by atoms with Gasteiger partial charge in [-0.25, -0.2) is 0 Å². The summed E-state index contributed by atoms with van der Waals surface area (Å²) in [6.45, 7) is 6.27. The Hall–Kier alpha value is -1.31. The van der Waals surface area contributed by atoms with Gasteiger partial charge in [-0.05, 0) is 30.9 Å². The number of benzene rings is 1. The first-order valence-corrected chi connectivity index (χ1v) is 5.32. The minimum Gasteiger partial charge on any atom is -0.359 e.